The highest BCUT2D eigenvalue weighted by molar-refractivity contribution is 7.90. The number of amidine groups is 2. The van der Waals surface area contributed by atoms with Crippen LogP contribution in [0.1, 0.15) is 11.1 Å². The monoisotopic (exact) mass is 604 g/mol. The molecular formula is C28H24N6O6S2. The minimum absolute atomic E-state index is 0.0771. The SMILES string of the molecule is O=C(NNC(=NS(=O)(=O)c1ccccc1)c1ccccc1)C(=O)NNC(=NS(=O)(=O)c1ccccc1)c1ccccc1. The van der Waals surface area contributed by atoms with E-state index in [9.17, 15) is 26.4 Å². The molecule has 0 aliphatic heterocycles. The summed E-state index contributed by atoms with van der Waals surface area (Å²) in [4.78, 5) is 25.0. The van der Waals surface area contributed by atoms with Crippen LogP contribution in [0.25, 0.3) is 0 Å². The van der Waals surface area contributed by atoms with Gasteiger partial charge < -0.3 is 0 Å². The van der Waals surface area contributed by atoms with Gasteiger partial charge in [-0.05, 0) is 24.3 Å². The number of benzene rings is 4. The molecule has 0 heterocycles. The lowest BCUT2D eigenvalue weighted by atomic mass is 10.2. The van der Waals surface area contributed by atoms with Gasteiger partial charge in [-0.15, -0.1) is 8.80 Å². The predicted molar refractivity (Wildman–Crippen MR) is 156 cm³/mol. The summed E-state index contributed by atoms with van der Waals surface area (Å²) >= 11 is 0. The summed E-state index contributed by atoms with van der Waals surface area (Å²) in [6.07, 6.45) is 0. The Kier molecular flexibility index (Phi) is 9.42. The molecule has 214 valence electrons. The Bertz CT molecular complexity index is 1680. The third-order valence-corrected chi connectivity index (χ3v) is 7.98. The van der Waals surface area contributed by atoms with Gasteiger partial charge in [0.2, 0.25) is 0 Å². The average molecular weight is 605 g/mol. The molecule has 4 rings (SSSR count). The van der Waals surface area contributed by atoms with E-state index < -0.39 is 31.9 Å². The molecular weight excluding hydrogens is 580 g/mol. The van der Waals surface area contributed by atoms with Crippen molar-refractivity contribution in [3.63, 3.8) is 0 Å². The molecule has 0 unspecified atom stereocenters. The molecule has 4 aromatic carbocycles. The Balaban J connectivity index is 1.50. The van der Waals surface area contributed by atoms with E-state index in [1.807, 2.05) is 0 Å². The quantitative estimate of drug-likeness (QED) is 0.112. The number of hydrogen-bond donors (Lipinski definition) is 4. The van der Waals surface area contributed by atoms with Crippen molar-refractivity contribution in [2.24, 2.45) is 8.80 Å². The molecule has 42 heavy (non-hydrogen) atoms. The van der Waals surface area contributed by atoms with E-state index in [4.69, 9.17) is 0 Å². The van der Waals surface area contributed by atoms with Crippen LogP contribution < -0.4 is 21.7 Å². The van der Waals surface area contributed by atoms with Gasteiger partial charge in [0.1, 0.15) is 0 Å². The van der Waals surface area contributed by atoms with Crippen molar-refractivity contribution < 1.29 is 26.4 Å². The third-order valence-electron chi connectivity index (χ3n) is 5.39. The van der Waals surface area contributed by atoms with Gasteiger partial charge in [-0.3, -0.25) is 31.3 Å². The molecule has 0 fully saturated rings. The van der Waals surface area contributed by atoms with E-state index in [0.717, 1.165) is 0 Å². The average Bonchev–Trinajstić information content (AvgIpc) is 3.02. The van der Waals surface area contributed by atoms with Crippen LogP contribution in [-0.4, -0.2) is 40.3 Å². The summed E-state index contributed by atoms with van der Waals surface area (Å²) < 4.78 is 58.9. The highest BCUT2D eigenvalue weighted by atomic mass is 32.2. The molecule has 0 aromatic heterocycles. The van der Waals surface area contributed by atoms with Crippen LogP contribution >= 0.6 is 0 Å². The Hall–Kier alpha value is -5.34. The van der Waals surface area contributed by atoms with Crippen molar-refractivity contribution in [1.29, 1.82) is 0 Å². The number of amides is 2. The van der Waals surface area contributed by atoms with E-state index in [1.54, 1.807) is 72.8 Å². The molecule has 0 saturated heterocycles. The smallest absolute Gasteiger partial charge is 0.280 e. The van der Waals surface area contributed by atoms with Crippen LogP contribution in [0.2, 0.25) is 0 Å². The van der Waals surface area contributed by atoms with Crippen LogP contribution in [-0.2, 0) is 29.6 Å². The second-order valence-electron chi connectivity index (χ2n) is 8.35. The van der Waals surface area contributed by atoms with Crippen molar-refractivity contribution in [3.8, 4) is 0 Å². The van der Waals surface area contributed by atoms with Crippen molar-refractivity contribution in [2.75, 3.05) is 0 Å². The first-order valence-corrected chi connectivity index (χ1v) is 15.1. The second-order valence-corrected chi connectivity index (χ2v) is 11.6. The Labute approximate surface area is 242 Å². The largest absolute Gasteiger partial charge is 0.329 e. The topological polar surface area (TPSA) is 175 Å². The molecule has 0 saturated carbocycles. The van der Waals surface area contributed by atoms with Gasteiger partial charge in [0.25, 0.3) is 20.0 Å². The molecule has 12 nitrogen and oxygen atoms in total. The van der Waals surface area contributed by atoms with Gasteiger partial charge in [0.05, 0.1) is 9.79 Å². The maximum atomic E-state index is 12.8. The fourth-order valence-corrected chi connectivity index (χ4v) is 5.36. The predicted octanol–water partition coefficient (Wildman–Crippen LogP) is 1.90. The van der Waals surface area contributed by atoms with Crippen molar-refractivity contribution in [2.45, 2.75) is 9.79 Å². The first-order chi connectivity index (χ1) is 20.2. The van der Waals surface area contributed by atoms with Crippen molar-refractivity contribution >= 4 is 43.5 Å². The van der Waals surface area contributed by atoms with Gasteiger partial charge in [-0.2, -0.15) is 16.8 Å². The minimum Gasteiger partial charge on any atom is -0.280 e. The number of hydrogen-bond acceptors (Lipinski definition) is 6. The van der Waals surface area contributed by atoms with Gasteiger partial charge >= 0.3 is 11.8 Å². The summed E-state index contributed by atoms with van der Waals surface area (Å²) in [5.41, 5.74) is 9.57. The number of nitrogens with zero attached hydrogens (tertiary/aromatic N) is 2. The number of rotatable bonds is 6. The number of carbonyl (C=O) groups is 2. The highest BCUT2D eigenvalue weighted by Crippen LogP contribution is 2.14. The minimum atomic E-state index is -4.18. The number of carbonyl (C=O) groups excluding carboxylic acids is 2. The van der Waals surface area contributed by atoms with Crippen LogP contribution in [0.15, 0.2) is 140 Å². The Morgan fingerprint density at radius 3 is 1.02 bits per heavy atom. The lowest BCUT2D eigenvalue weighted by Crippen LogP contribution is -2.53. The zero-order valence-corrected chi connectivity index (χ0v) is 23.3. The zero-order valence-electron chi connectivity index (χ0n) is 21.7. The van der Waals surface area contributed by atoms with Crippen LogP contribution in [0.4, 0.5) is 0 Å². The van der Waals surface area contributed by atoms with Crippen molar-refractivity contribution in [3.05, 3.63) is 132 Å². The normalized spacial score (nSPS) is 12.2. The van der Waals surface area contributed by atoms with E-state index in [2.05, 4.69) is 30.5 Å². The fourth-order valence-electron chi connectivity index (χ4n) is 3.36. The fraction of sp³-hybridized carbons (Fsp3) is 0. The van der Waals surface area contributed by atoms with Gasteiger partial charge in [-0.25, -0.2) is 0 Å². The Morgan fingerprint density at radius 1 is 0.429 bits per heavy atom. The summed E-state index contributed by atoms with van der Waals surface area (Å²) in [5.74, 6) is -3.01. The van der Waals surface area contributed by atoms with Gasteiger partial charge in [0, 0.05) is 11.1 Å². The first-order valence-electron chi connectivity index (χ1n) is 12.2. The first kappa shape index (κ1) is 29.6. The van der Waals surface area contributed by atoms with Crippen LogP contribution in [0.3, 0.4) is 0 Å². The third kappa shape index (κ3) is 7.87. The molecule has 4 N–H and O–H groups in total. The van der Waals surface area contributed by atoms with Crippen molar-refractivity contribution in [1.82, 2.24) is 21.7 Å². The lowest BCUT2D eigenvalue weighted by Gasteiger charge is -2.13. The van der Waals surface area contributed by atoms with Gasteiger partial charge in [-0.1, -0.05) is 97.1 Å². The van der Waals surface area contributed by atoms with Gasteiger partial charge in [0.15, 0.2) is 11.7 Å². The van der Waals surface area contributed by atoms with E-state index in [-0.39, 0.29) is 21.5 Å². The lowest BCUT2D eigenvalue weighted by molar-refractivity contribution is -0.139. The number of sulfonamides is 2. The number of nitrogens with one attached hydrogen (secondary N) is 4. The molecule has 0 atom stereocenters. The zero-order chi connectivity index (χ0) is 30.0. The summed E-state index contributed by atoms with van der Waals surface area (Å²) in [7, 11) is -8.36. The summed E-state index contributed by atoms with van der Waals surface area (Å²) in [6, 6.07) is 31.0. The molecule has 0 aliphatic rings. The Morgan fingerprint density at radius 2 is 0.714 bits per heavy atom. The van der Waals surface area contributed by atoms with Crippen LogP contribution in [0.5, 0.6) is 0 Å². The van der Waals surface area contributed by atoms with E-state index in [0.29, 0.717) is 11.1 Å². The molecule has 0 aliphatic carbocycles. The maximum absolute atomic E-state index is 12.8. The molecule has 4 aromatic rings. The maximum Gasteiger partial charge on any atom is 0.329 e. The number of hydrazine groups is 2. The molecule has 14 heteroatoms. The molecule has 2 amide bonds. The summed E-state index contributed by atoms with van der Waals surface area (Å²) in [5, 5.41) is 0. The molecule has 0 bridgehead atoms. The van der Waals surface area contributed by atoms with Crippen LogP contribution in [0, 0.1) is 0 Å². The van der Waals surface area contributed by atoms with E-state index in [1.165, 1.54) is 48.5 Å². The summed E-state index contributed by atoms with van der Waals surface area (Å²) in [6.45, 7) is 0. The second kappa shape index (κ2) is 13.3. The standard InChI is InChI=1S/C28H24N6O6S2/c35-27(31-29-25(21-13-5-1-6-14-21)33-41(37,38)23-17-9-3-10-18-23)28(36)32-30-26(22-15-7-2-8-16-22)34-42(39,40)24-19-11-4-12-20-24/h1-20H,(H,29,33)(H,30,34)(H,31,35)(H,32,36). The molecule has 0 spiro atoms. The van der Waals surface area contributed by atoms with E-state index >= 15 is 0 Å². The highest BCUT2D eigenvalue weighted by Gasteiger charge is 2.20. The molecule has 0 radical (unpaired) electrons.